The third-order valence-electron chi connectivity index (χ3n) is 4.23. The highest BCUT2D eigenvalue weighted by Gasteiger charge is 2.28. The topological polar surface area (TPSA) is 29.5 Å². The van der Waals surface area contributed by atoms with Crippen molar-refractivity contribution in [3.05, 3.63) is 71.3 Å². The quantitative estimate of drug-likeness (QED) is 0.907. The van der Waals surface area contributed by atoms with Crippen molar-refractivity contribution < 1.29 is 9.84 Å². The van der Waals surface area contributed by atoms with Gasteiger partial charge in [0, 0.05) is 5.92 Å². The second-order valence-corrected chi connectivity index (χ2v) is 5.38. The van der Waals surface area contributed by atoms with Crippen molar-refractivity contribution in [3.63, 3.8) is 0 Å². The van der Waals surface area contributed by atoms with Crippen molar-refractivity contribution in [1.82, 2.24) is 0 Å². The van der Waals surface area contributed by atoms with E-state index >= 15 is 0 Å². The second kappa shape index (κ2) is 5.74. The summed E-state index contributed by atoms with van der Waals surface area (Å²) in [5.74, 6) is 0.838. The third kappa shape index (κ3) is 2.47. The Morgan fingerprint density at radius 1 is 1.05 bits per heavy atom. The van der Waals surface area contributed by atoms with Gasteiger partial charge in [0.2, 0.25) is 0 Å². The number of rotatable bonds is 3. The lowest BCUT2D eigenvalue weighted by Gasteiger charge is -2.29. The first kappa shape index (κ1) is 13.9. The van der Waals surface area contributed by atoms with Crippen molar-refractivity contribution >= 4 is 5.57 Å². The van der Waals surface area contributed by atoms with E-state index in [0.29, 0.717) is 0 Å². The predicted molar refractivity (Wildman–Crippen MR) is 85.4 cm³/mol. The standard InChI is InChI=1S/C19H20O2/c1-3-13-12-18(14-8-10-15(21-2)11-9-14)19(20)17-7-5-4-6-16(13)17/h4-12,18-20H,3H2,1-2H3/t18-,19-/m1/s1. The van der Waals surface area contributed by atoms with Crippen LogP contribution in [0.4, 0.5) is 0 Å². The zero-order valence-electron chi connectivity index (χ0n) is 12.4. The van der Waals surface area contributed by atoms with Crippen LogP contribution in [0.1, 0.15) is 42.1 Å². The SMILES string of the molecule is CCC1=C[C@H](c2ccc(OC)cc2)[C@H](O)c2ccccc21. The maximum atomic E-state index is 10.7. The fourth-order valence-electron chi connectivity index (χ4n) is 3.05. The van der Waals surface area contributed by atoms with E-state index in [1.807, 2.05) is 42.5 Å². The van der Waals surface area contributed by atoms with Gasteiger partial charge in [0.05, 0.1) is 13.2 Å². The van der Waals surface area contributed by atoms with Crippen LogP contribution in [0, 0.1) is 0 Å². The number of aliphatic hydroxyl groups excluding tert-OH is 1. The fourth-order valence-corrected chi connectivity index (χ4v) is 3.05. The van der Waals surface area contributed by atoms with Crippen LogP contribution in [-0.2, 0) is 0 Å². The molecule has 0 saturated heterocycles. The molecule has 0 amide bonds. The van der Waals surface area contributed by atoms with Gasteiger partial charge in [-0.15, -0.1) is 0 Å². The van der Waals surface area contributed by atoms with E-state index in [4.69, 9.17) is 4.74 Å². The molecule has 0 fully saturated rings. The molecule has 0 radical (unpaired) electrons. The van der Waals surface area contributed by atoms with Crippen molar-refractivity contribution in [2.75, 3.05) is 7.11 Å². The van der Waals surface area contributed by atoms with E-state index in [0.717, 1.165) is 23.3 Å². The van der Waals surface area contributed by atoms with E-state index in [9.17, 15) is 5.11 Å². The number of hydrogen-bond acceptors (Lipinski definition) is 2. The van der Waals surface area contributed by atoms with Crippen LogP contribution in [0.2, 0.25) is 0 Å². The summed E-state index contributed by atoms with van der Waals surface area (Å²) < 4.78 is 5.20. The highest BCUT2D eigenvalue weighted by Crippen LogP contribution is 2.42. The summed E-state index contributed by atoms with van der Waals surface area (Å²) >= 11 is 0. The number of ether oxygens (including phenoxy) is 1. The maximum Gasteiger partial charge on any atom is 0.118 e. The monoisotopic (exact) mass is 280 g/mol. The molecule has 1 N–H and O–H groups in total. The van der Waals surface area contributed by atoms with Crippen LogP contribution in [0.15, 0.2) is 54.6 Å². The number of fused-ring (bicyclic) bond motifs is 1. The summed E-state index contributed by atoms with van der Waals surface area (Å²) in [6.45, 7) is 2.16. The van der Waals surface area contributed by atoms with E-state index in [-0.39, 0.29) is 5.92 Å². The molecule has 0 saturated carbocycles. The molecule has 0 spiro atoms. The van der Waals surface area contributed by atoms with Gasteiger partial charge in [-0.05, 0) is 40.8 Å². The Hall–Kier alpha value is -2.06. The van der Waals surface area contributed by atoms with Crippen LogP contribution < -0.4 is 4.74 Å². The minimum absolute atomic E-state index is 0.000700. The molecule has 108 valence electrons. The number of methoxy groups -OCH3 is 1. The first-order valence-corrected chi connectivity index (χ1v) is 7.36. The van der Waals surface area contributed by atoms with Crippen molar-refractivity contribution in [2.24, 2.45) is 0 Å². The summed E-state index contributed by atoms with van der Waals surface area (Å²) in [4.78, 5) is 0. The summed E-state index contributed by atoms with van der Waals surface area (Å²) in [7, 11) is 1.66. The van der Waals surface area contributed by atoms with Crippen molar-refractivity contribution in [3.8, 4) is 5.75 Å². The lowest BCUT2D eigenvalue weighted by molar-refractivity contribution is 0.159. The van der Waals surface area contributed by atoms with Gasteiger partial charge >= 0.3 is 0 Å². The van der Waals surface area contributed by atoms with Crippen LogP contribution >= 0.6 is 0 Å². The van der Waals surface area contributed by atoms with Crippen LogP contribution in [-0.4, -0.2) is 12.2 Å². The van der Waals surface area contributed by atoms with Crippen LogP contribution in [0.5, 0.6) is 5.75 Å². The van der Waals surface area contributed by atoms with Gasteiger partial charge < -0.3 is 9.84 Å². The molecule has 1 aliphatic rings. The van der Waals surface area contributed by atoms with E-state index in [1.54, 1.807) is 7.11 Å². The molecule has 2 atom stereocenters. The van der Waals surface area contributed by atoms with Gasteiger partial charge in [-0.3, -0.25) is 0 Å². The fraction of sp³-hybridized carbons (Fsp3) is 0.263. The third-order valence-corrected chi connectivity index (χ3v) is 4.23. The Kier molecular flexibility index (Phi) is 3.80. The molecule has 0 bridgehead atoms. The highest BCUT2D eigenvalue weighted by molar-refractivity contribution is 5.72. The molecule has 2 aromatic carbocycles. The molecule has 0 aromatic heterocycles. The Balaban J connectivity index is 2.03. The molecule has 21 heavy (non-hydrogen) atoms. The molecule has 2 nitrogen and oxygen atoms in total. The summed E-state index contributed by atoms with van der Waals surface area (Å²) in [6, 6.07) is 16.1. The Bertz CT molecular complexity index is 656. The molecule has 3 rings (SSSR count). The minimum atomic E-state index is -0.495. The van der Waals surface area contributed by atoms with Gasteiger partial charge in [-0.2, -0.15) is 0 Å². The average Bonchev–Trinajstić information content (AvgIpc) is 2.56. The van der Waals surface area contributed by atoms with Crippen molar-refractivity contribution in [1.29, 1.82) is 0 Å². The zero-order chi connectivity index (χ0) is 14.8. The van der Waals surface area contributed by atoms with Crippen molar-refractivity contribution in [2.45, 2.75) is 25.4 Å². The zero-order valence-corrected chi connectivity index (χ0v) is 12.4. The lowest BCUT2D eigenvalue weighted by atomic mass is 9.78. The number of benzene rings is 2. The molecule has 0 heterocycles. The Morgan fingerprint density at radius 3 is 2.43 bits per heavy atom. The molecular weight excluding hydrogens is 260 g/mol. The first-order valence-electron chi connectivity index (χ1n) is 7.36. The largest absolute Gasteiger partial charge is 0.497 e. The smallest absolute Gasteiger partial charge is 0.118 e. The Morgan fingerprint density at radius 2 is 1.76 bits per heavy atom. The Labute approximate surface area is 125 Å². The van der Waals surface area contributed by atoms with Gasteiger partial charge in [0.25, 0.3) is 0 Å². The molecule has 2 heteroatoms. The minimum Gasteiger partial charge on any atom is -0.497 e. The summed E-state index contributed by atoms with van der Waals surface area (Å²) in [6.07, 6.45) is 2.68. The molecular formula is C19H20O2. The molecule has 2 aromatic rings. The number of hydrogen-bond donors (Lipinski definition) is 1. The average molecular weight is 280 g/mol. The summed E-state index contributed by atoms with van der Waals surface area (Å²) in [5, 5.41) is 10.7. The van der Waals surface area contributed by atoms with Gasteiger partial charge in [-0.1, -0.05) is 49.4 Å². The molecule has 0 aliphatic heterocycles. The van der Waals surface area contributed by atoms with Gasteiger partial charge in [0.15, 0.2) is 0 Å². The molecule has 1 aliphatic carbocycles. The highest BCUT2D eigenvalue weighted by atomic mass is 16.5. The van der Waals surface area contributed by atoms with Crippen LogP contribution in [0.25, 0.3) is 5.57 Å². The summed E-state index contributed by atoms with van der Waals surface area (Å²) in [5.41, 5.74) is 4.62. The second-order valence-electron chi connectivity index (χ2n) is 5.38. The van der Waals surface area contributed by atoms with E-state index in [2.05, 4.69) is 19.1 Å². The van der Waals surface area contributed by atoms with Gasteiger partial charge in [0.1, 0.15) is 5.75 Å². The first-order chi connectivity index (χ1) is 10.2. The predicted octanol–water partition coefficient (Wildman–Crippen LogP) is 4.32. The van der Waals surface area contributed by atoms with E-state index < -0.39 is 6.10 Å². The number of aliphatic hydroxyl groups is 1. The van der Waals surface area contributed by atoms with Crippen LogP contribution in [0.3, 0.4) is 0 Å². The van der Waals surface area contributed by atoms with Gasteiger partial charge in [-0.25, -0.2) is 0 Å². The lowest BCUT2D eigenvalue weighted by Crippen LogP contribution is -2.15. The normalized spacial score (nSPS) is 20.6. The maximum absolute atomic E-state index is 10.7. The number of allylic oxidation sites excluding steroid dienone is 1. The van der Waals surface area contributed by atoms with E-state index in [1.165, 1.54) is 11.1 Å². The molecule has 0 unspecified atom stereocenters.